The van der Waals surface area contributed by atoms with Gasteiger partial charge in [0.2, 0.25) is 11.8 Å². The quantitative estimate of drug-likeness (QED) is 0.145. The maximum absolute atomic E-state index is 14.3. The lowest BCUT2D eigenvalue weighted by Gasteiger charge is -2.42. The van der Waals surface area contributed by atoms with Crippen molar-refractivity contribution < 1.29 is 29.0 Å². The lowest BCUT2D eigenvalue weighted by molar-refractivity contribution is -0.155. The van der Waals surface area contributed by atoms with Crippen LogP contribution in [-0.2, 0) is 23.9 Å². The summed E-state index contributed by atoms with van der Waals surface area (Å²) < 4.78 is 12.1. The molecule has 3 aliphatic rings. The Morgan fingerprint density at radius 1 is 1.22 bits per heavy atom. The number of unbranched alkanes of at least 4 members (excludes halogenated alkanes) is 4. The van der Waals surface area contributed by atoms with Crippen LogP contribution in [0, 0.1) is 11.8 Å². The molecule has 1 spiro atoms. The van der Waals surface area contributed by atoms with Crippen molar-refractivity contribution in [3.05, 3.63) is 25.3 Å². The summed E-state index contributed by atoms with van der Waals surface area (Å²) in [6, 6.07) is -0.828. The molecule has 1 N–H and O–H groups in total. The standard InChI is InChI=1S/C28H43BrN2O6/c1-6-8-13-17-36-26(35)20-21-24(33)30(15-11-9-10-12-16-32)23(28(21)18-19(29)22(20)37-28)25(34)31(14-7-2)27(3,4)5/h6-7,19-23,32H,1-2,8-18H2,3-5H3/t19?,20-,21+,22-,23?,28?/m1/s1. The van der Waals surface area contributed by atoms with Crippen molar-refractivity contribution in [3.63, 3.8) is 0 Å². The molecule has 0 aliphatic carbocycles. The molecule has 0 aromatic heterocycles. The van der Waals surface area contributed by atoms with Crippen molar-refractivity contribution in [2.45, 2.75) is 93.8 Å². The minimum absolute atomic E-state index is 0.134. The Morgan fingerprint density at radius 3 is 2.54 bits per heavy atom. The smallest absolute Gasteiger partial charge is 0.312 e. The second kappa shape index (κ2) is 12.4. The zero-order valence-corrected chi connectivity index (χ0v) is 24.1. The van der Waals surface area contributed by atoms with Gasteiger partial charge in [-0.05, 0) is 52.9 Å². The first kappa shape index (κ1) is 29.8. The normalized spacial score (nSPS) is 30.4. The summed E-state index contributed by atoms with van der Waals surface area (Å²) >= 11 is 3.69. The number of nitrogens with zero attached hydrogens (tertiary/aromatic N) is 2. The fraction of sp³-hybridized carbons (Fsp3) is 0.750. The van der Waals surface area contributed by atoms with E-state index in [1.165, 1.54) is 0 Å². The minimum atomic E-state index is -1.09. The zero-order chi connectivity index (χ0) is 27.4. The van der Waals surface area contributed by atoms with Crippen molar-refractivity contribution in [1.82, 2.24) is 9.80 Å². The summed E-state index contributed by atoms with van der Waals surface area (Å²) in [5.74, 6) is -2.34. The average Bonchev–Trinajstić information content (AvgIpc) is 3.42. The van der Waals surface area contributed by atoms with Gasteiger partial charge in [-0.15, -0.1) is 13.2 Å². The van der Waals surface area contributed by atoms with E-state index in [0.29, 0.717) is 38.8 Å². The van der Waals surface area contributed by atoms with Crippen molar-refractivity contribution in [2.24, 2.45) is 11.8 Å². The number of halogens is 1. The number of aliphatic hydroxyl groups excluding tert-OH is 1. The van der Waals surface area contributed by atoms with Gasteiger partial charge in [0, 0.05) is 30.1 Å². The molecule has 8 nitrogen and oxygen atoms in total. The van der Waals surface area contributed by atoms with Gasteiger partial charge < -0.3 is 24.4 Å². The van der Waals surface area contributed by atoms with Crippen LogP contribution in [0.4, 0.5) is 0 Å². The first-order valence-corrected chi connectivity index (χ1v) is 14.4. The number of aliphatic hydroxyl groups is 1. The molecule has 3 rings (SSSR count). The number of likely N-dealkylation sites (tertiary alicyclic amines) is 1. The van der Waals surface area contributed by atoms with Gasteiger partial charge in [-0.1, -0.05) is 40.9 Å². The molecular formula is C28H43BrN2O6. The van der Waals surface area contributed by atoms with Gasteiger partial charge in [-0.3, -0.25) is 14.4 Å². The monoisotopic (exact) mass is 582 g/mol. The van der Waals surface area contributed by atoms with Crippen LogP contribution in [0.25, 0.3) is 0 Å². The Kier molecular flexibility index (Phi) is 10.0. The van der Waals surface area contributed by atoms with E-state index in [2.05, 4.69) is 29.1 Å². The highest BCUT2D eigenvalue weighted by atomic mass is 79.9. The zero-order valence-electron chi connectivity index (χ0n) is 22.5. The van der Waals surface area contributed by atoms with Crippen molar-refractivity contribution in [2.75, 3.05) is 26.3 Å². The molecule has 3 heterocycles. The number of carbonyl (C=O) groups is 3. The molecule has 0 aromatic carbocycles. The van der Waals surface area contributed by atoms with Crippen LogP contribution in [0.15, 0.2) is 25.3 Å². The van der Waals surface area contributed by atoms with Crippen LogP contribution < -0.4 is 0 Å². The third-order valence-electron chi connectivity index (χ3n) is 7.79. The molecule has 0 radical (unpaired) electrons. The van der Waals surface area contributed by atoms with E-state index in [1.807, 2.05) is 20.8 Å². The largest absolute Gasteiger partial charge is 0.465 e. The molecule has 3 saturated heterocycles. The van der Waals surface area contributed by atoms with Gasteiger partial charge in [-0.25, -0.2) is 0 Å². The second-order valence-corrected chi connectivity index (χ2v) is 12.5. The number of alkyl halides is 1. The number of hydrogen-bond donors (Lipinski definition) is 1. The van der Waals surface area contributed by atoms with E-state index < -0.39 is 41.1 Å². The van der Waals surface area contributed by atoms with Crippen LogP contribution in [0.2, 0.25) is 0 Å². The first-order chi connectivity index (χ1) is 17.5. The van der Waals surface area contributed by atoms with Gasteiger partial charge in [0.05, 0.1) is 24.5 Å². The predicted octanol–water partition coefficient (Wildman–Crippen LogP) is 3.61. The van der Waals surface area contributed by atoms with Crippen LogP contribution >= 0.6 is 15.9 Å². The molecule has 3 unspecified atom stereocenters. The van der Waals surface area contributed by atoms with Crippen LogP contribution in [-0.4, -0.2) is 87.1 Å². The third kappa shape index (κ3) is 5.83. The Bertz CT molecular complexity index is 873. The van der Waals surface area contributed by atoms with Gasteiger partial charge in [0.25, 0.3) is 0 Å². The maximum atomic E-state index is 14.3. The number of hydrogen-bond acceptors (Lipinski definition) is 6. The summed E-state index contributed by atoms with van der Waals surface area (Å²) in [7, 11) is 0. The molecule has 2 bridgehead atoms. The van der Waals surface area contributed by atoms with Gasteiger partial charge >= 0.3 is 5.97 Å². The van der Waals surface area contributed by atoms with E-state index in [-0.39, 0.29) is 29.9 Å². The minimum Gasteiger partial charge on any atom is -0.465 e. The molecule has 37 heavy (non-hydrogen) atoms. The molecule has 9 heteroatoms. The fourth-order valence-corrected chi connectivity index (χ4v) is 7.08. The molecule has 3 aliphatic heterocycles. The average molecular weight is 584 g/mol. The Hall–Kier alpha value is -1.71. The molecule has 2 amide bonds. The van der Waals surface area contributed by atoms with E-state index in [0.717, 1.165) is 19.3 Å². The summed E-state index contributed by atoms with van der Waals surface area (Å²) in [6.45, 7) is 14.5. The summed E-state index contributed by atoms with van der Waals surface area (Å²) in [5, 5.41) is 9.11. The number of esters is 1. The number of allylic oxidation sites excluding steroid dienone is 1. The summed E-state index contributed by atoms with van der Waals surface area (Å²) in [5.41, 5.74) is -1.59. The molecule has 3 fully saturated rings. The third-order valence-corrected chi connectivity index (χ3v) is 8.63. The molecule has 6 atom stereocenters. The number of rotatable bonds is 14. The summed E-state index contributed by atoms with van der Waals surface area (Å²) in [6.07, 6.45) is 7.90. The highest BCUT2D eigenvalue weighted by molar-refractivity contribution is 9.09. The molecule has 0 aromatic rings. The lowest BCUT2D eigenvalue weighted by atomic mass is 9.70. The fourth-order valence-electron chi connectivity index (χ4n) is 6.13. The molecule has 0 saturated carbocycles. The van der Waals surface area contributed by atoms with Gasteiger partial charge in [0.15, 0.2) is 0 Å². The van der Waals surface area contributed by atoms with Crippen molar-refractivity contribution >= 4 is 33.7 Å². The second-order valence-electron chi connectivity index (χ2n) is 11.3. The maximum Gasteiger partial charge on any atom is 0.312 e. The van der Waals surface area contributed by atoms with E-state index in [9.17, 15) is 14.4 Å². The number of fused-ring (bicyclic) bond motifs is 1. The van der Waals surface area contributed by atoms with Crippen LogP contribution in [0.1, 0.15) is 65.7 Å². The highest BCUT2D eigenvalue weighted by Crippen LogP contribution is 2.60. The van der Waals surface area contributed by atoms with E-state index in [1.54, 1.807) is 22.0 Å². The Morgan fingerprint density at radius 2 is 1.92 bits per heavy atom. The van der Waals surface area contributed by atoms with Crippen molar-refractivity contribution in [1.29, 1.82) is 0 Å². The lowest BCUT2D eigenvalue weighted by Crippen LogP contribution is -2.60. The predicted molar refractivity (Wildman–Crippen MR) is 145 cm³/mol. The number of ether oxygens (including phenoxy) is 2. The van der Waals surface area contributed by atoms with Gasteiger partial charge in [-0.2, -0.15) is 0 Å². The topological polar surface area (TPSA) is 96.4 Å². The Balaban J connectivity index is 1.95. The van der Waals surface area contributed by atoms with Gasteiger partial charge in [0.1, 0.15) is 11.6 Å². The van der Waals surface area contributed by atoms with Crippen LogP contribution in [0.5, 0.6) is 0 Å². The summed E-state index contributed by atoms with van der Waals surface area (Å²) in [4.78, 5) is 44.8. The number of amides is 2. The molecule has 208 valence electrons. The SMILES string of the molecule is C=CCCCOC(=O)[C@H]1[C@@H]2OC3(CC2Br)C(C(=O)N(CC=C)C(C)(C)C)N(CCCCCCO)C(=O)[C@H]13. The first-order valence-electron chi connectivity index (χ1n) is 13.5. The number of carbonyl (C=O) groups excluding carboxylic acids is 3. The highest BCUT2D eigenvalue weighted by Gasteiger charge is 2.77. The molecular weight excluding hydrogens is 540 g/mol. The Labute approximate surface area is 229 Å². The van der Waals surface area contributed by atoms with Crippen molar-refractivity contribution in [3.8, 4) is 0 Å². The van der Waals surface area contributed by atoms with E-state index in [4.69, 9.17) is 14.6 Å². The van der Waals surface area contributed by atoms with Crippen LogP contribution in [0.3, 0.4) is 0 Å². The van der Waals surface area contributed by atoms with E-state index >= 15 is 0 Å².